The van der Waals surface area contributed by atoms with Crippen molar-refractivity contribution in [3.8, 4) is 5.75 Å². The summed E-state index contributed by atoms with van der Waals surface area (Å²) in [6.45, 7) is 7.01. The maximum atomic E-state index is 6.34. The van der Waals surface area contributed by atoms with Crippen molar-refractivity contribution < 1.29 is 9.26 Å². The van der Waals surface area contributed by atoms with Crippen LogP contribution in [0.4, 0.5) is 0 Å². The van der Waals surface area contributed by atoms with Gasteiger partial charge in [0.15, 0.2) is 0 Å². The Morgan fingerprint density at radius 3 is 2.72 bits per heavy atom. The highest BCUT2D eigenvalue weighted by atomic mass is 16.5. The Morgan fingerprint density at radius 2 is 2.00 bits per heavy atom. The third kappa shape index (κ3) is 3.16. The van der Waals surface area contributed by atoms with Crippen molar-refractivity contribution in [1.29, 1.82) is 0 Å². The predicted octanol–water partition coefficient (Wildman–Crippen LogP) is 3.83. The molecule has 0 aliphatic carbocycles. The number of rotatable bonds is 4. The third-order valence-electron chi connectivity index (χ3n) is 5.28. The van der Waals surface area contributed by atoms with Crippen molar-refractivity contribution in [2.75, 3.05) is 13.1 Å². The summed E-state index contributed by atoms with van der Waals surface area (Å²) >= 11 is 0. The van der Waals surface area contributed by atoms with Gasteiger partial charge in [0.05, 0.1) is 11.2 Å². The average Bonchev–Trinajstić information content (AvgIpc) is 3.15. The van der Waals surface area contributed by atoms with Gasteiger partial charge in [-0.15, -0.1) is 0 Å². The van der Waals surface area contributed by atoms with E-state index in [0.717, 1.165) is 49.7 Å². The van der Waals surface area contributed by atoms with Crippen LogP contribution in [0.15, 0.2) is 35.0 Å². The van der Waals surface area contributed by atoms with Crippen LogP contribution >= 0.6 is 0 Å². The number of hydrogen-bond acceptors (Lipinski definition) is 4. The Kier molecular flexibility index (Phi) is 4.25. The summed E-state index contributed by atoms with van der Waals surface area (Å²) in [5.74, 6) is 1.94. The molecule has 3 aromatic rings. The summed E-state index contributed by atoms with van der Waals surface area (Å²) < 4.78 is 13.8. The third-order valence-corrected chi connectivity index (χ3v) is 5.28. The van der Waals surface area contributed by atoms with E-state index in [9.17, 15) is 0 Å². The lowest BCUT2D eigenvalue weighted by molar-refractivity contribution is 0.0976. The Labute approximate surface area is 148 Å². The zero-order valence-corrected chi connectivity index (χ0v) is 15.2. The normalized spacial score (nSPS) is 16.6. The van der Waals surface area contributed by atoms with Crippen LogP contribution in [-0.4, -0.2) is 33.8 Å². The summed E-state index contributed by atoms with van der Waals surface area (Å²) in [5.41, 5.74) is 3.45. The second-order valence-corrected chi connectivity index (χ2v) is 7.01. The topological polar surface area (TPSA) is 43.4 Å². The van der Waals surface area contributed by atoms with E-state index < -0.39 is 0 Å². The Morgan fingerprint density at radius 1 is 1.20 bits per heavy atom. The molecule has 1 saturated heterocycles. The number of nitrogens with zero attached hydrogens (tertiary/aromatic N) is 3. The van der Waals surface area contributed by atoms with E-state index in [-0.39, 0.29) is 6.10 Å². The number of likely N-dealkylation sites (tertiary alicyclic amines) is 1. The van der Waals surface area contributed by atoms with E-state index >= 15 is 0 Å². The fraction of sp³-hybridized carbons (Fsp3) is 0.450. The van der Waals surface area contributed by atoms with Crippen molar-refractivity contribution in [2.45, 2.75) is 39.3 Å². The van der Waals surface area contributed by atoms with Gasteiger partial charge in [0.25, 0.3) is 0 Å². The summed E-state index contributed by atoms with van der Waals surface area (Å²) in [5, 5.41) is 5.25. The molecule has 4 rings (SSSR count). The second kappa shape index (κ2) is 6.56. The lowest BCUT2D eigenvalue weighted by Gasteiger charge is -2.32. The fourth-order valence-electron chi connectivity index (χ4n) is 3.69. The first kappa shape index (κ1) is 16.2. The molecule has 1 aliphatic rings. The number of hydrogen-bond donors (Lipinski definition) is 0. The quantitative estimate of drug-likeness (QED) is 0.725. The maximum absolute atomic E-state index is 6.34. The van der Waals surface area contributed by atoms with E-state index in [1.807, 2.05) is 13.8 Å². The minimum absolute atomic E-state index is 0.284. The van der Waals surface area contributed by atoms with Crippen molar-refractivity contribution in [1.82, 2.24) is 14.6 Å². The molecule has 0 unspecified atom stereocenters. The van der Waals surface area contributed by atoms with Crippen molar-refractivity contribution in [2.24, 2.45) is 7.05 Å². The molecule has 0 amide bonds. The van der Waals surface area contributed by atoms with Crippen LogP contribution < -0.4 is 4.74 Å². The Balaban J connectivity index is 1.39. The Hall–Kier alpha value is -2.27. The first-order valence-electron chi connectivity index (χ1n) is 8.96. The van der Waals surface area contributed by atoms with Gasteiger partial charge in [-0.3, -0.25) is 4.90 Å². The number of piperidine rings is 1. The van der Waals surface area contributed by atoms with Gasteiger partial charge in [0.1, 0.15) is 17.6 Å². The molecule has 0 N–H and O–H groups in total. The Bertz CT molecular complexity index is 853. The molecule has 0 spiro atoms. The molecule has 0 atom stereocenters. The lowest BCUT2D eigenvalue weighted by atomic mass is 10.1. The maximum Gasteiger partial charge on any atom is 0.138 e. The van der Waals surface area contributed by atoms with Crippen molar-refractivity contribution >= 4 is 10.9 Å². The summed E-state index contributed by atoms with van der Waals surface area (Å²) in [7, 11) is 2.07. The van der Waals surface area contributed by atoms with E-state index in [0.29, 0.717) is 0 Å². The SMILES string of the molecule is Cc1noc(C)c1CN1CCC(Oc2cccc3c2ccn3C)CC1. The smallest absolute Gasteiger partial charge is 0.138 e. The molecule has 5 heteroatoms. The lowest BCUT2D eigenvalue weighted by Crippen LogP contribution is -2.38. The molecular weight excluding hydrogens is 314 g/mol. The number of aromatic nitrogens is 2. The number of fused-ring (bicyclic) bond motifs is 1. The molecule has 0 saturated carbocycles. The highest BCUT2D eigenvalue weighted by Crippen LogP contribution is 2.29. The van der Waals surface area contributed by atoms with Crippen LogP contribution in [0.1, 0.15) is 29.9 Å². The van der Waals surface area contributed by atoms with Crippen LogP contribution in [-0.2, 0) is 13.6 Å². The van der Waals surface area contributed by atoms with E-state index in [4.69, 9.17) is 9.26 Å². The van der Waals surface area contributed by atoms with Gasteiger partial charge in [-0.25, -0.2) is 0 Å². The van der Waals surface area contributed by atoms with Gasteiger partial charge < -0.3 is 13.8 Å². The molecule has 2 aromatic heterocycles. The molecule has 1 aliphatic heterocycles. The molecule has 1 aromatic carbocycles. The first-order valence-corrected chi connectivity index (χ1v) is 8.96. The van der Waals surface area contributed by atoms with Gasteiger partial charge in [-0.1, -0.05) is 11.2 Å². The van der Waals surface area contributed by atoms with Gasteiger partial charge in [-0.05, 0) is 44.9 Å². The fourth-order valence-corrected chi connectivity index (χ4v) is 3.69. The highest BCUT2D eigenvalue weighted by molar-refractivity contribution is 5.86. The van der Waals surface area contributed by atoms with Crippen LogP contribution in [0.5, 0.6) is 5.75 Å². The molecule has 132 valence electrons. The average molecular weight is 339 g/mol. The standard InChI is InChI=1S/C20H25N3O2/c1-14-18(15(2)25-21-14)13-23-11-7-16(8-12-23)24-20-6-4-5-19-17(20)9-10-22(19)3/h4-6,9-10,16H,7-8,11-13H2,1-3H3. The first-order chi connectivity index (χ1) is 12.1. The zero-order valence-electron chi connectivity index (χ0n) is 15.2. The van der Waals surface area contributed by atoms with Gasteiger partial charge in [-0.2, -0.15) is 0 Å². The summed E-state index contributed by atoms with van der Waals surface area (Å²) in [6.07, 6.45) is 4.47. The molecule has 25 heavy (non-hydrogen) atoms. The van der Waals surface area contributed by atoms with Crippen molar-refractivity contribution in [3.05, 3.63) is 47.5 Å². The molecule has 0 radical (unpaired) electrons. The predicted molar refractivity (Wildman–Crippen MR) is 97.8 cm³/mol. The summed E-state index contributed by atoms with van der Waals surface area (Å²) in [4.78, 5) is 2.47. The van der Waals surface area contributed by atoms with Crippen LogP contribution in [0, 0.1) is 13.8 Å². The number of aryl methyl sites for hydroxylation is 3. The zero-order chi connectivity index (χ0) is 17.4. The van der Waals surface area contributed by atoms with Crippen LogP contribution in [0.3, 0.4) is 0 Å². The molecular formula is C20H25N3O2. The highest BCUT2D eigenvalue weighted by Gasteiger charge is 2.23. The van der Waals surface area contributed by atoms with Gasteiger partial charge >= 0.3 is 0 Å². The molecule has 5 nitrogen and oxygen atoms in total. The largest absolute Gasteiger partial charge is 0.490 e. The van der Waals surface area contributed by atoms with E-state index in [1.165, 1.54) is 16.5 Å². The molecule has 1 fully saturated rings. The van der Waals surface area contributed by atoms with Gasteiger partial charge in [0.2, 0.25) is 0 Å². The molecule has 3 heterocycles. The van der Waals surface area contributed by atoms with Crippen molar-refractivity contribution in [3.63, 3.8) is 0 Å². The van der Waals surface area contributed by atoms with E-state index in [2.05, 4.69) is 52.1 Å². The molecule has 0 bridgehead atoms. The monoisotopic (exact) mass is 339 g/mol. The van der Waals surface area contributed by atoms with Gasteiger partial charge in [0, 0.05) is 43.8 Å². The van der Waals surface area contributed by atoms with E-state index in [1.54, 1.807) is 0 Å². The minimum atomic E-state index is 0.284. The number of benzene rings is 1. The minimum Gasteiger partial charge on any atom is -0.490 e. The number of ether oxygens (including phenoxy) is 1. The summed E-state index contributed by atoms with van der Waals surface area (Å²) in [6, 6.07) is 8.43. The second-order valence-electron chi connectivity index (χ2n) is 7.01. The van der Waals surface area contributed by atoms with Crippen LogP contribution in [0.25, 0.3) is 10.9 Å². The van der Waals surface area contributed by atoms with Crippen LogP contribution in [0.2, 0.25) is 0 Å².